The fourth-order valence-electron chi connectivity index (χ4n) is 2.19. The maximum Gasteiger partial charge on any atom is 0.410 e. The van der Waals surface area contributed by atoms with E-state index in [0.29, 0.717) is 36.2 Å². The zero-order valence-electron chi connectivity index (χ0n) is 11.9. The predicted molar refractivity (Wildman–Crippen MR) is 77.2 cm³/mol. The van der Waals surface area contributed by atoms with E-state index in [9.17, 15) is 9.90 Å². The van der Waals surface area contributed by atoms with Gasteiger partial charge in [0.05, 0.1) is 5.69 Å². The van der Waals surface area contributed by atoms with E-state index >= 15 is 0 Å². The molecule has 1 aliphatic heterocycles. The smallest absolute Gasteiger partial charge is 0.410 e. The van der Waals surface area contributed by atoms with Crippen LogP contribution in [-0.2, 0) is 10.3 Å². The molecule has 2 heterocycles. The van der Waals surface area contributed by atoms with Crippen molar-refractivity contribution in [2.75, 3.05) is 13.1 Å². The first kappa shape index (κ1) is 15.3. The summed E-state index contributed by atoms with van der Waals surface area (Å²) in [5.74, 6) is 0. The number of carbonyl (C=O) groups is 1. The topological polar surface area (TPSA) is 78.4 Å². The minimum Gasteiger partial charge on any atom is -0.444 e. The van der Waals surface area contributed by atoms with E-state index in [-0.39, 0.29) is 6.09 Å². The van der Waals surface area contributed by atoms with Crippen molar-refractivity contribution in [3.63, 3.8) is 0 Å². The molecule has 7 heteroatoms. The molecule has 0 atom stereocenters. The molecule has 1 saturated heterocycles. The number of aliphatic hydroxyl groups is 1. The van der Waals surface area contributed by atoms with E-state index in [4.69, 9.17) is 4.74 Å². The number of aromatic amines is 1. The normalized spacial score (nSPS) is 18.9. The molecule has 0 bridgehead atoms. The summed E-state index contributed by atoms with van der Waals surface area (Å²) in [6.07, 6.45) is 0.590. The second-order valence-electron chi connectivity index (χ2n) is 6.10. The van der Waals surface area contributed by atoms with E-state index < -0.39 is 11.2 Å². The number of hydrogen-bond donors (Lipinski definition) is 2. The Balaban J connectivity index is 1.97. The van der Waals surface area contributed by atoms with Crippen LogP contribution in [0.25, 0.3) is 0 Å². The van der Waals surface area contributed by atoms with Gasteiger partial charge in [0.25, 0.3) is 0 Å². The quantitative estimate of drug-likeness (QED) is 0.819. The van der Waals surface area contributed by atoms with E-state index in [0.717, 1.165) is 0 Å². The van der Waals surface area contributed by atoms with Crippen LogP contribution >= 0.6 is 15.9 Å². The van der Waals surface area contributed by atoms with Gasteiger partial charge < -0.3 is 14.7 Å². The molecule has 2 N–H and O–H groups in total. The number of ether oxygens (including phenoxy) is 1. The molecule has 1 amide bonds. The van der Waals surface area contributed by atoms with Gasteiger partial charge in [0.2, 0.25) is 0 Å². The van der Waals surface area contributed by atoms with Crippen molar-refractivity contribution >= 4 is 22.0 Å². The van der Waals surface area contributed by atoms with Gasteiger partial charge in [-0.1, -0.05) is 0 Å². The van der Waals surface area contributed by atoms with E-state index in [1.165, 1.54) is 0 Å². The summed E-state index contributed by atoms with van der Waals surface area (Å²) in [5.41, 5.74) is -0.787. The van der Waals surface area contributed by atoms with Crippen LogP contribution in [0.15, 0.2) is 10.7 Å². The molecule has 6 nitrogen and oxygen atoms in total. The molecule has 2 rings (SSSR count). The highest BCUT2D eigenvalue weighted by Crippen LogP contribution is 2.33. The van der Waals surface area contributed by atoms with Gasteiger partial charge in [-0.2, -0.15) is 5.10 Å². The molecular formula is C13H20BrN3O3. The number of carbonyl (C=O) groups excluding carboxylic acids is 1. The zero-order chi connectivity index (χ0) is 15.0. The standard InChI is InChI=1S/C13H20BrN3O3/c1-12(2,3)20-11(18)17-6-4-13(19,5-7-17)9-8-10(14)16-15-9/h8,19H,4-7H2,1-3H3,(H,15,16). The fraction of sp³-hybridized carbons (Fsp3) is 0.692. The van der Waals surface area contributed by atoms with Gasteiger partial charge in [0, 0.05) is 13.1 Å². The van der Waals surface area contributed by atoms with Crippen LogP contribution in [-0.4, -0.2) is 45.0 Å². The highest BCUT2D eigenvalue weighted by Gasteiger charge is 2.38. The van der Waals surface area contributed by atoms with E-state index in [2.05, 4.69) is 26.1 Å². The molecule has 20 heavy (non-hydrogen) atoms. The van der Waals surface area contributed by atoms with Gasteiger partial charge in [0.1, 0.15) is 15.8 Å². The lowest BCUT2D eigenvalue weighted by Crippen LogP contribution is -2.47. The van der Waals surface area contributed by atoms with Crippen LogP contribution in [0, 0.1) is 0 Å². The van der Waals surface area contributed by atoms with Gasteiger partial charge in [-0.15, -0.1) is 0 Å². The summed E-state index contributed by atoms with van der Waals surface area (Å²) in [5, 5.41) is 17.4. The van der Waals surface area contributed by atoms with Crippen LogP contribution < -0.4 is 0 Å². The van der Waals surface area contributed by atoms with Crippen molar-refractivity contribution in [3.05, 3.63) is 16.4 Å². The number of H-pyrrole nitrogens is 1. The third-order valence-corrected chi connectivity index (χ3v) is 3.70. The minimum atomic E-state index is -0.961. The Hall–Kier alpha value is -1.08. The monoisotopic (exact) mass is 345 g/mol. The SMILES string of the molecule is CC(C)(C)OC(=O)N1CCC(O)(c2cc(Br)n[nH]2)CC1. The van der Waals surface area contributed by atoms with Crippen LogP contribution in [0.4, 0.5) is 4.79 Å². The molecule has 0 aliphatic carbocycles. The lowest BCUT2D eigenvalue weighted by Gasteiger charge is -2.37. The minimum absolute atomic E-state index is 0.328. The number of piperidine rings is 1. The van der Waals surface area contributed by atoms with Gasteiger partial charge >= 0.3 is 6.09 Å². The maximum absolute atomic E-state index is 12.0. The number of nitrogens with zero attached hydrogens (tertiary/aromatic N) is 2. The molecule has 0 radical (unpaired) electrons. The maximum atomic E-state index is 12.0. The third-order valence-electron chi connectivity index (χ3n) is 3.29. The molecule has 1 aromatic rings. The first-order valence-corrected chi connectivity index (χ1v) is 7.41. The summed E-state index contributed by atoms with van der Waals surface area (Å²) < 4.78 is 6.00. The summed E-state index contributed by atoms with van der Waals surface area (Å²) in [4.78, 5) is 13.6. The van der Waals surface area contributed by atoms with Crippen LogP contribution in [0.2, 0.25) is 0 Å². The number of likely N-dealkylation sites (tertiary alicyclic amines) is 1. The number of amides is 1. The van der Waals surface area contributed by atoms with Crippen molar-refractivity contribution < 1.29 is 14.6 Å². The Kier molecular flexibility index (Phi) is 4.11. The first-order chi connectivity index (χ1) is 9.20. The van der Waals surface area contributed by atoms with E-state index in [1.54, 1.807) is 11.0 Å². The third kappa shape index (κ3) is 3.52. The van der Waals surface area contributed by atoms with Gasteiger partial charge in [-0.25, -0.2) is 4.79 Å². The molecule has 0 unspecified atom stereocenters. The summed E-state index contributed by atoms with van der Waals surface area (Å²) in [6, 6.07) is 1.77. The van der Waals surface area contributed by atoms with E-state index in [1.807, 2.05) is 20.8 Å². The highest BCUT2D eigenvalue weighted by atomic mass is 79.9. The first-order valence-electron chi connectivity index (χ1n) is 6.61. The lowest BCUT2D eigenvalue weighted by molar-refractivity contribution is -0.0381. The Bertz CT molecular complexity index is 487. The molecule has 0 spiro atoms. The second-order valence-corrected chi connectivity index (χ2v) is 6.92. The summed E-state index contributed by atoms with van der Waals surface area (Å²) in [6.45, 7) is 6.44. The largest absolute Gasteiger partial charge is 0.444 e. The number of halogens is 1. The molecular weight excluding hydrogens is 326 g/mol. The molecule has 1 fully saturated rings. The van der Waals surface area contributed by atoms with Crippen LogP contribution in [0.1, 0.15) is 39.3 Å². The van der Waals surface area contributed by atoms with Crippen molar-refractivity contribution in [3.8, 4) is 0 Å². The van der Waals surface area contributed by atoms with Crippen molar-refractivity contribution in [2.45, 2.75) is 44.8 Å². The van der Waals surface area contributed by atoms with Crippen LogP contribution in [0.3, 0.4) is 0 Å². The summed E-state index contributed by atoms with van der Waals surface area (Å²) in [7, 11) is 0. The molecule has 0 aromatic carbocycles. The predicted octanol–water partition coefficient (Wildman–Crippen LogP) is 2.39. The fourth-order valence-corrected chi connectivity index (χ4v) is 2.51. The number of hydrogen-bond acceptors (Lipinski definition) is 4. The summed E-state index contributed by atoms with van der Waals surface area (Å²) >= 11 is 3.25. The highest BCUT2D eigenvalue weighted by molar-refractivity contribution is 9.10. The number of rotatable bonds is 1. The Morgan fingerprint density at radius 2 is 2.10 bits per heavy atom. The number of aromatic nitrogens is 2. The number of nitrogens with one attached hydrogen (secondary N) is 1. The Labute approximate surface area is 126 Å². The molecule has 0 saturated carbocycles. The molecule has 1 aromatic heterocycles. The van der Waals surface area contributed by atoms with Crippen molar-refractivity contribution in [1.82, 2.24) is 15.1 Å². The lowest BCUT2D eigenvalue weighted by atomic mass is 9.88. The molecule has 112 valence electrons. The Morgan fingerprint density at radius 1 is 1.50 bits per heavy atom. The second kappa shape index (κ2) is 5.37. The van der Waals surface area contributed by atoms with Crippen molar-refractivity contribution in [1.29, 1.82) is 0 Å². The van der Waals surface area contributed by atoms with Gasteiger partial charge in [-0.05, 0) is 55.6 Å². The van der Waals surface area contributed by atoms with Crippen molar-refractivity contribution in [2.24, 2.45) is 0 Å². The van der Waals surface area contributed by atoms with Crippen LogP contribution in [0.5, 0.6) is 0 Å². The average molecular weight is 346 g/mol. The van der Waals surface area contributed by atoms with Gasteiger partial charge in [-0.3, -0.25) is 5.10 Å². The van der Waals surface area contributed by atoms with Gasteiger partial charge in [0.15, 0.2) is 0 Å². The average Bonchev–Trinajstić information content (AvgIpc) is 2.75. The Morgan fingerprint density at radius 3 is 2.55 bits per heavy atom. The molecule has 1 aliphatic rings. The zero-order valence-corrected chi connectivity index (χ0v) is 13.5.